The molecule has 2 rings (SSSR count). The van der Waals surface area contributed by atoms with Crippen LogP contribution >= 0.6 is 0 Å². The molecule has 2 atom stereocenters. The molecule has 0 aliphatic rings. The second-order valence-corrected chi connectivity index (χ2v) is 10.1. The van der Waals surface area contributed by atoms with Crippen molar-refractivity contribution in [3.8, 4) is 0 Å². The number of ether oxygens (including phenoxy) is 1. The summed E-state index contributed by atoms with van der Waals surface area (Å²) in [6.07, 6.45) is 0.120. The second kappa shape index (κ2) is 13.4. The number of hydrogen-bond acceptors (Lipinski definition) is 5. The van der Waals surface area contributed by atoms with Crippen molar-refractivity contribution in [2.75, 3.05) is 6.54 Å². The van der Waals surface area contributed by atoms with E-state index in [0.29, 0.717) is 5.56 Å². The van der Waals surface area contributed by atoms with Crippen LogP contribution in [-0.4, -0.2) is 46.9 Å². The Kier molecular flexibility index (Phi) is 10.6. The minimum atomic E-state index is -1.35. The van der Waals surface area contributed by atoms with Crippen molar-refractivity contribution in [3.63, 3.8) is 0 Å². The summed E-state index contributed by atoms with van der Waals surface area (Å²) in [5.74, 6) is -1.90. The normalized spacial score (nSPS) is 12.6. The summed E-state index contributed by atoms with van der Waals surface area (Å²) in [5.41, 5.74) is 8.00. The van der Waals surface area contributed by atoms with Crippen LogP contribution < -0.4 is 16.4 Å². The second-order valence-electron chi connectivity index (χ2n) is 10.1. The highest BCUT2D eigenvalue weighted by molar-refractivity contribution is 5.94. The summed E-state index contributed by atoms with van der Waals surface area (Å²) in [5, 5.41) is 5.35. The zero-order valence-electron chi connectivity index (χ0n) is 22.7. The number of aryl methyl sites for hydroxylation is 2. The number of nitrogens with one attached hydrogen (secondary N) is 2. The van der Waals surface area contributed by atoms with Crippen molar-refractivity contribution >= 4 is 23.8 Å². The Morgan fingerprint density at radius 3 is 2.26 bits per heavy atom. The number of primary amides is 1. The van der Waals surface area contributed by atoms with Crippen LogP contribution in [0.5, 0.6) is 0 Å². The molecule has 0 aromatic heterocycles. The highest BCUT2D eigenvalue weighted by Gasteiger charge is 2.36. The molecule has 204 valence electrons. The van der Waals surface area contributed by atoms with Gasteiger partial charge in [-0.1, -0.05) is 54.6 Å². The Bertz CT molecular complexity index is 1160. The maximum absolute atomic E-state index is 13.8. The molecular weight excluding hydrogens is 484 g/mol. The summed E-state index contributed by atoms with van der Waals surface area (Å²) in [6, 6.07) is 12.5. The lowest BCUT2D eigenvalue weighted by atomic mass is 9.98. The van der Waals surface area contributed by atoms with E-state index in [1.807, 2.05) is 56.3 Å². The van der Waals surface area contributed by atoms with Gasteiger partial charge in [-0.25, -0.2) is 4.79 Å². The van der Waals surface area contributed by atoms with E-state index in [1.54, 1.807) is 26.8 Å². The first kappa shape index (κ1) is 30.1. The Labute approximate surface area is 224 Å². The number of nitrogens with zero attached hydrogens (tertiary/aromatic N) is 1. The van der Waals surface area contributed by atoms with Crippen LogP contribution in [0.1, 0.15) is 55.5 Å². The molecule has 0 saturated carbocycles. The molecule has 0 heterocycles. The third-order valence-corrected chi connectivity index (χ3v) is 5.72. The number of alkyl carbamates (subject to hydrolysis) is 1. The molecule has 0 bridgehead atoms. The Balaban J connectivity index is 2.47. The summed E-state index contributed by atoms with van der Waals surface area (Å²) in [7, 11) is 0. The molecule has 0 aliphatic heterocycles. The van der Waals surface area contributed by atoms with Crippen LogP contribution in [0, 0.1) is 13.8 Å². The zero-order chi connectivity index (χ0) is 28.5. The molecule has 2 unspecified atom stereocenters. The molecule has 9 nitrogen and oxygen atoms in total. The largest absolute Gasteiger partial charge is 0.444 e. The van der Waals surface area contributed by atoms with E-state index in [9.17, 15) is 19.2 Å². The molecule has 0 aliphatic carbocycles. The van der Waals surface area contributed by atoms with Gasteiger partial charge in [-0.3, -0.25) is 14.4 Å². The SMILES string of the molecule is C=CCN(C(=O)C(CC(N)=O)NC(=O)OC(C)(C)C)C(C(=O)NCc1ccccc1)c1ccc(C)c(C)c1. The maximum Gasteiger partial charge on any atom is 0.408 e. The van der Waals surface area contributed by atoms with Crippen molar-refractivity contribution < 1.29 is 23.9 Å². The highest BCUT2D eigenvalue weighted by atomic mass is 16.6. The number of carbonyl (C=O) groups is 4. The summed E-state index contributed by atoms with van der Waals surface area (Å²) >= 11 is 0. The van der Waals surface area contributed by atoms with Crippen molar-refractivity contribution in [2.24, 2.45) is 5.73 Å². The summed E-state index contributed by atoms with van der Waals surface area (Å²) < 4.78 is 5.28. The van der Waals surface area contributed by atoms with Crippen LogP contribution in [0.4, 0.5) is 4.79 Å². The molecule has 4 amide bonds. The fourth-order valence-electron chi connectivity index (χ4n) is 3.80. The first-order valence-electron chi connectivity index (χ1n) is 12.4. The standard InChI is InChI=1S/C29H38N4O5/c1-7-15-33(27(36)23(17-24(30)34)32-28(37)38-29(4,5)6)25(22-14-13-19(2)20(3)16-22)26(35)31-18-21-11-9-8-10-12-21/h7-14,16,23,25H,1,15,17-18H2,2-6H3,(H2,30,34)(H,31,35)(H,32,37). The Morgan fingerprint density at radius 1 is 1.05 bits per heavy atom. The first-order chi connectivity index (χ1) is 17.8. The van der Waals surface area contributed by atoms with Gasteiger partial charge >= 0.3 is 6.09 Å². The van der Waals surface area contributed by atoms with E-state index in [4.69, 9.17) is 10.5 Å². The van der Waals surface area contributed by atoms with E-state index in [-0.39, 0.29) is 13.1 Å². The van der Waals surface area contributed by atoms with Crippen LogP contribution in [0.3, 0.4) is 0 Å². The van der Waals surface area contributed by atoms with Gasteiger partial charge in [0.15, 0.2) is 0 Å². The van der Waals surface area contributed by atoms with Crippen molar-refractivity contribution in [1.29, 1.82) is 0 Å². The summed E-state index contributed by atoms with van der Waals surface area (Å²) in [4.78, 5) is 53.1. The molecule has 2 aromatic carbocycles. The predicted octanol–water partition coefficient (Wildman–Crippen LogP) is 3.44. The topological polar surface area (TPSA) is 131 Å². The van der Waals surface area contributed by atoms with Crippen molar-refractivity contribution in [3.05, 3.63) is 83.4 Å². The van der Waals surface area contributed by atoms with E-state index >= 15 is 0 Å². The van der Waals surface area contributed by atoms with Gasteiger partial charge in [0.05, 0.1) is 6.42 Å². The van der Waals surface area contributed by atoms with Crippen LogP contribution in [0.25, 0.3) is 0 Å². The molecule has 0 spiro atoms. The number of nitrogens with two attached hydrogens (primary N) is 1. The van der Waals surface area contributed by atoms with Gasteiger partial charge in [0.1, 0.15) is 17.7 Å². The molecular formula is C29H38N4O5. The zero-order valence-corrected chi connectivity index (χ0v) is 22.7. The average molecular weight is 523 g/mol. The van der Waals surface area contributed by atoms with E-state index in [0.717, 1.165) is 16.7 Å². The van der Waals surface area contributed by atoms with Gasteiger partial charge in [-0.2, -0.15) is 0 Å². The minimum absolute atomic E-state index is 0.0273. The van der Waals surface area contributed by atoms with Crippen molar-refractivity contribution in [1.82, 2.24) is 15.5 Å². The lowest BCUT2D eigenvalue weighted by molar-refractivity contribution is -0.142. The highest BCUT2D eigenvalue weighted by Crippen LogP contribution is 2.25. The quantitative estimate of drug-likeness (QED) is 0.389. The van der Waals surface area contributed by atoms with Gasteiger partial charge in [0.25, 0.3) is 0 Å². The van der Waals surface area contributed by atoms with Crippen LogP contribution in [0.2, 0.25) is 0 Å². The van der Waals surface area contributed by atoms with E-state index < -0.39 is 47.9 Å². The fourth-order valence-corrected chi connectivity index (χ4v) is 3.80. The van der Waals surface area contributed by atoms with Crippen LogP contribution in [-0.2, 0) is 25.7 Å². The predicted molar refractivity (Wildman–Crippen MR) is 146 cm³/mol. The lowest BCUT2D eigenvalue weighted by Gasteiger charge is -2.34. The molecule has 9 heteroatoms. The molecule has 0 fully saturated rings. The Hall–Kier alpha value is -4.14. The van der Waals surface area contributed by atoms with E-state index in [2.05, 4.69) is 17.2 Å². The number of hydrogen-bond donors (Lipinski definition) is 3. The van der Waals surface area contributed by atoms with Gasteiger partial charge in [0, 0.05) is 13.1 Å². The minimum Gasteiger partial charge on any atom is -0.444 e. The third-order valence-electron chi connectivity index (χ3n) is 5.72. The first-order valence-corrected chi connectivity index (χ1v) is 12.4. The van der Waals surface area contributed by atoms with Crippen molar-refractivity contribution in [2.45, 2.75) is 65.3 Å². The van der Waals surface area contributed by atoms with Gasteiger partial charge in [-0.15, -0.1) is 6.58 Å². The number of amides is 4. The molecule has 4 N–H and O–H groups in total. The van der Waals surface area contributed by atoms with Gasteiger partial charge < -0.3 is 26.0 Å². The van der Waals surface area contributed by atoms with Gasteiger partial charge in [-0.05, 0) is 56.9 Å². The Morgan fingerprint density at radius 2 is 1.71 bits per heavy atom. The molecule has 0 saturated heterocycles. The maximum atomic E-state index is 13.8. The monoisotopic (exact) mass is 522 g/mol. The number of rotatable bonds is 11. The molecule has 0 radical (unpaired) electrons. The lowest BCUT2D eigenvalue weighted by Crippen LogP contribution is -2.54. The third kappa shape index (κ3) is 9.06. The molecule has 38 heavy (non-hydrogen) atoms. The average Bonchev–Trinajstić information content (AvgIpc) is 2.83. The van der Waals surface area contributed by atoms with Crippen LogP contribution in [0.15, 0.2) is 61.2 Å². The fraction of sp³-hybridized carbons (Fsp3) is 0.379. The van der Waals surface area contributed by atoms with E-state index in [1.165, 1.54) is 11.0 Å². The smallest absolute Gasteiger partial charge is 0.408 e. The summed E-state index contributed by atoms with van der Waals surface area (Å²) in [6.45, 7) is 12.9. The number of carbonyl (C=O) groups excluding carboxylic acids is 4. The van der Waals surface area contributed by atoms with Gasteiger partial charge in [0.2, 0.25) is 17.7 Å². The molecule has 2 aromatic rings. The number of benzene rings is 2.